The summed E-state index contributed by atoms with van der Waals surface area (Å²) in [6, 6.07) is 19.8. The molecule has 0 aliphatic carbocycles. The maximum atomic E-state index is 12.4. The zero-order chi connectivity index (χ0) is 20.4. The molecule has 0 bridgehead atoms. The van der Waals surface area contributed by atoms with Crippen molar-refractivity contribution in [2.75, 3.05) is 14.1 Å². The van der Waals surface area contributed by atoms with Gasteiger partial charge < -0.3 is 20.2 Å². The summed E-state index contributed by atoms with van der Waals surface area (Å²) < 4.78 is 0. The van der Waals surface area contributed by atoms with Gasteiger partial charge in [0, 0.05) is 14.1 Å². The van der Waals surface area contributed by atoms with Crippen molar-refractivity contribution in [3.63, 3.8) is 0 Å². The van der Waals surface area contributed by atoms with E-state index in [0.717, 1.165) is 11.1 Å². The Hall–Kier alpha value is -3.19. The Kier molecular flexibility index (Phi) is 8.68. The van der Waals surface area contributed by atoms with Gasteiger partial charge in [-0.05, 0) is 11.1 Å². The number of benzene rings is 2. The van der Waals surface area contributed by atoms with Gasteiger partial charge in [0.1, 0.15) is 0 Å². The fraction of sp³-hybridized carbons (Fsp3) is 0.250. The summed E-state index contributed by atoms with van der Waals surface area (Å²) >= 11 is 0. The van der Waals surface area contributed by atoms with Crippen molar-refractivity contribution in [3.8, 4) is 0 Å². The van der Waals surface area contributed by atoms with Crippen LogP contribution in [0.4, 0.5) is 0 Å². The van der Waals surface area contributed by atoms with Crippen molar-refractivity contribution in [1.82, 2.24) is 4.90 Å². The molecule has 7 heteroatoms. The van der Waals surface area contributed by atoms with E-state index in [4.69, 9.17) is 15.3 Å². The molecule has 3 N–H and O–H groups in total. The Morgan fingerprint density at radius 1 is 0.852 bits per heavy atom. The highest BCUT2D eigenvalue weighted by atomic mass is 16.4. The lowest BCUT2D eigenvalue weighted by atomic mass is 9.90. The third-order valence-electron chi connectivity index (χ3n) is 3.61. The molecule has 0 aliphatic heterocycles. The maximum Gasteiger partial charge on any atom is 0.333 e. The second-order valence-electron chi connectivity index (χ2n) is 5.94. The van der Waals surface area contributed by atoms with E-state index in [1.165, 1.54) is 0 Å². The van der Waals surface area contributed by atoms with Gasteiger partial charge in [0.25, 0.3) is 0 Å². The number of hydrogen-bond acceptors (Lipinski definition) is 4. The molecule has 0 heterocycles. The van der Waals surface area contributed by atoms with E-state index in [2.05, 4.69) is 0 Å². The molecule has 27 heavy (non-hydrogen) atoms. The average molecular weight is 373 g/mol. The van der Waals surface area contributed by atoms with E-state index in [1.807, 2.05) is 60.7 Å². The number of amides is 1. The number of carbonyl (C=O) groups excluding carboxylic acids is 1. The van der Waals surface area contributed by atoms with Crippen LogP contribution in [0.2, 0.25) is 0 Å². The summed E-state index contributed by atoms with van der Waals surface area (Å²) in [4.78, 5) is 33.4. The van der Waals surface area contributed by atoms with Crippen LogP contribution in [0, 0.1) is 0 Å². The predicted octanol–water partition coefficient (Wildman–Crippen LogP) is 1.81. The first-order valence-electron chi connectivity index (χ1n) is 8.17. The van der Waals surface area contributed by atoms with Crippen LogP contribution in [-0.2, 0) is 14.4 Å². The molecule has 0 radical (unpaired) electrons. The average Bonchev–Trinajstić information content (AvgIpc) is 2.63. The molecule has 0 saturated carbocycles. The molecule has 1 atom stereocenters. The van der Waals surface area contributed by atoms with E-state index in [-0.39, 0.29) is 11.8 Å². The van der Waals surface area contributed by atoms with Gasteiger partial charge in [-0.15, -0.1) is 0 Å². The van der Waals surface area contributed by atoms with Crippen molar-refractivity contribution < 1.29 is 29.7 Å². The lowest BCUT2D eigenvalue weighted by Gasteiger charge is -2.21. The summed E-state index contributed by atoms with van der Waals surface area (Å²) in [6.45, 7) is 0. The number of carboxylic acid groups (broad SMARTS) is 2. The van der Waals surface area contributed by atoms with Gasteiger partial charge in [0.05, 0.1) is 12.3 Å². The Bertz CT molecular complexity index is 706. The molecule has 2 rings (SSSR count). The van der Waals surface area contributed by atoms with Crippen molar-refractivity contribution in [1.29, 1.82) is 0 Å². The van der Waals surface area contributed by atoms with Crippen molar-refractivity contribution in [2.24, 2.45) is 0 Å². The number of aliphatic hydroxyl groups excluding tert-OH is 1. The van der Waals surface area contributed by atoms with E-state index >= 15 is 0 Å². The van der Waals surface area contributed by atoms with Crippen LogP contribution in [0.3, 0.4) is 0 Å². The smallest absolute Gasteiger partial charge is 0.333 e. The maximum absolute atomic E-state index is 12.4. The first-order chi connectivity index (χ1) is 12.7. The molecule has 0 aromatic heterocycles. The molecule has 2 aromatic rings. The lowest BCUT2D eigenvalue weighted by Crippen LogP contribution is -2.28. The van der Waals surface area contributed by atoms with Crippen LogP contribution in [0.25, 0.3) is 0 Å². The van der Waals surface area contributed by atoms with E-state index < -0.39 is 24.5 Å². The van der Waals surface area contributed by atoms with Crippen LogP contribution in [0.1, 0.15) is 23.5 Å². The molecule has 0 spiro atoms. The monoisotopic (exact) mass is 373 g/mol. The van der Waals surface area contributed by atoms with Crippen molar-refractivity contribution in [2.45, 2.75) is 18.4 Å². The number of rotatable bonds is 6. The standard InChI is InChI=1S/C16H17NO.C4H6O5/c1-17(2)16(18)15(13-9-5-3-6-10-13)14-11-7-4-8-12-14;5-2(4(8)9)1-3(6)7/h3-12,15H,1-2H3;2,5H,1H2,(H,6,7)(H,8,9). The van der Waals surface area contributed by atoms with Gasteiger partial charge in [0.2, 0.25) is 5.91 Å². The molecule has 0 fully saturated rings. The molecule has 7 nitrogen and oxygen atoms in total. The van der Waals surface area contributed by atoms with Gasteiger partial charge >= 0.3 is 11.9 Å². The highest BCUT2D eigenvalue weighted by Crippen LogP contribution is 2.25. The van der Waals surface area contributed by atoms with Gasteiger partial charge in [-0.2, -0.15) is 0 Å². The Labute approximate surface area is 157 Å². The third-order valence-corrected chi connectivity index (χ3v) is 3.61. The van der Waals surface area contributed by atoms with Gasteiger partial charge in [0.15, 0.2) is 6.10 Å². The lowest BCUT2D eigenvalue weighted by molar-refractivity contribution is -0.152. The highest BCUT2D eigenvalue weighted by Gasteiger charge is 2.23. The normalized spacial score (nSPS) is 11.1. The largest absolute Gasteiger partial charge is 0.481 e. The molecular formula is C20H23NO6. The number of carbonyl (C=O) groups is 3. The Balaban J connectivity index is 0.000000345. The molecule has 0 aliphatic rings. The molecule has 144 valence electrons. The minimum Gasteiger partial charge on any atom is -0.481 e. The van der Waals surface area contributed by atoms with Gasteiger partial charge in [-0.3, -0.25) is 9.59 Å². The van der Waals surface area contributed by atoms with E-state index in [9.17, 15) is 14.4 Å². The molecule has 1 amide bonds. The fourth-order valence-corrected chi connectivity index (χ4v) is 2.28. The van der Waals surface area contributed by atoms with Gasteiger partial charge in [-0.1, -0.05) is 60.7 Å². The van der Waals surface area contributed by atoms with E-state index in [1.54, 1.807) is 19.0 Å². The Morgan fingerprint density at radius 2 is 1.26 bits per heavy atom. The molecular weight excluding hydrogens is 350 g/mol. The van der Waals surface area contributed by atoms with E-state index in [0.29, 0.717) is 0 Å². The summed E-state index contributed by atoms with van der Waals surface area (Å²) in [5.74, 6) is -2.96. The number of aliphatic carboxylic acids is 2. The molecule has 0 saturated heterocycles. The first kappa shape index (κ1) is 21.9. The number of hydrogen-bond donors (Lipinski definition) is 3. The topological polar surface area (TPSA) is 115 Å². The minimum atomic E-state index is -1.79. The van der Waals surface area contributed by atoms with Crippen LogP contribution in [0.5, 0.6) is 0 Å². The number of likely N-dealkylation sites (N-methyl/N-ethyl adjacent to an activating group) is 1. The quantitative estimate of drug-likeness (QED) is 0.711. The predicted molar refractivity (Wildman–Crippen MR) is 99.3 cm³/mol. The minimum absolute atomic E-state index is 0.104. The zero-order valence-electron chi connectivity index (χ0n) is 15.1. The second kappa shape index (κ2) is 10.7. The van der Waals surface area contributed by atoms with Gasteiger partial charge in [-0.25, -0.2) is 4.79 Å². The van der Waals surface area contributed by atoms with Crippen molar-refractivity contribution >= 4 is 17.8 Å². The third kappa shape index (κ3) is 7.29. The van der Waals surface area contributed by atoms with Crippen LogP contribution in [0.15, 0.2) is 60.7 Å². The Morgan fingerprint density at radius 3 is 1.52 bits per heavy atom. The SMILES string of the molecule is CN(C)C(=O)C(c1ccccc1)c1ccccc1.O=C(O)CC(O)C(=O)O. The fourth-order valence-electron chi connectivity index (χ4n) is 2.28. The summed E-state index contributed by atoms with van der Waals surface area (Å²) in [7, 11) is 3.59. The summed E-state index contributed by atoms with van der Waals surface area (Å²) in [5.41, 5.74) is 2.06. The number of aliphatic hydroxyl groups is 1. The molecule has 2 aromatic carbocycles. The number of carboxylic acids is 2. The second-order valence-corrected chi connectivity index (χ2v) is 5.94. The molecule has 1 unspecified atom stereocenters. The van der Waals surface area contributed by atoms with Crippen LogP contribution < -0.4 is 0 Å². The first-order valence-corrected chi connectivity index (χ1v) is 8.17. The number of nitrogens with zero attached hydrogens (tertiary/aromatic N) is 1. The van der Waals surface area contributed by atoms with Crippen LogP contribution in [-0.4, -0.2) is 58.3 Å². The van der Waals surface area contributed by atoms with Crippen LogP contribution >= 0.6 is 0 Å². The summed E-state index contributed by atoms with van der Waals surface area (Å²) in [5, 5.41) is 24.1. The summed E-state index contributed by atoms with van der Waals surface area (Å²) in [6.07, 6.45) is -2.54. The highest BCUT2D eigenvalue weighted by molar-refractivity contribution is 5.86. The van der Waals surface area contributed by atoms with Crippen molar-refractivity contribution in [3.05, 3.63) is 71.8 Å². The zero-order valence-corrected chi connectivity index (χ0v) is 15.1.